The zero-order valence-corrected chi connectivity index (χ0v) is 21.1. The van der Waals surface area contributed by atoms with E-state index in [-0.39, 0.29) is 6.10 Å². The fraction of sp³-hybridized carbons (Fsp3) is 0.400. The number of hydrogen-bond donors (Lipinski definition) is 4. The van der Waals surface area contributed by atoms with Gasteiger partial charge in [-0.25, -0.2) is 0 Å². The molecular weight excluding hydrogens is 472 g/mol. The number of hydrogen-bond acceptors (Lipinski definition) is 7. The minimum Gasteiger partial charge on any atom is -0.490 e. The number of aryl methyl sites for hydroxylation is 2. The number of benzene rings is 3. The molecule has 196 valence electrons. The van der Waals surface area contributed by atoms with Gasteiger partial charge in [0, 0.05) is 12.0 Å². The van der Waals surface area contributed by atoms with Crippen LogP contribution in [0.5, 0.6) is 11.5 Å². The van der Waals surface area contributed by atoms with Crippen LogP contribution in [-0.4, -0.2) is 64.2 Å². The molecule has 7 nitrogen and oxygen atoms in total. The molecule has 0 saturated carbocycles. The van der Waals surface area contributed by atoms with Gasteiger partial charge in [0.15, 0.2) is 0 Å². The van der Waals surface area contributed by atoms with E-state index in [9.17, 15) is 20.4 Å². The molecule has 3 aromatic rings. The van der Waals surface area contributed by atoms with Crippen LogP contribution >= 0.6 is 0 Å². The smallest absolute Gasteiger partial charge is 0.137 e. The fourth-order valence-corrected chi connectivity index (χ4v) is 5.14. The molecule has 1 unspecified atom stereocenters. The Balaban J connectivity index is 1.22. The molecule has 3 aromatic carbocycles. The van der Waals surface area contributed by atoms with Gasteiger partial charge in [-0.05, 0) is 66.3 Å². The lowest BCUT2D eigenvalue weighted by Crippen LogP contribution is -2.55. The van der Waals surface area contributed by atoms with E-state index in [2.05, 4.69) is 13.0 Å². The highest BCUT2D eigenvalue weighted by Gasteiger charge is 2.44. The van der Waals surface area contributed by atoms with Crippen LogP contribution in [0.4, 0.5) is 0 Å². The predicted octanol–water partition coefficient (Wildman–Crippen LogP) is 2.79. The van der Waals surface area contributed by atoms with Gasteiger partial charge in [-0.2, -0.15) is 0 Å². The summed E-state index contributed by atoms with van der Waals surface area (Å²) in [5, 5.41) is 40.3. The van der Waals surface area contributed by atoms with E-state index in [1.165, 1.54) is 11.1 Å². The minimum absolute atomic E-state index is 0.00332. The van der Waals surface area contributed by atoms with E-state index < -0.39 is 37.1 Å². The highest BCUT2D eigenvalue weighted by atomic mass is 16.5. The van der Waals surface area contributed by atoms with Crippen molar-refractivity contribution in [2.45, 2.75) is 63.3 Å². The van der Waals surface area contributed by atoms with Gasteiger partial charge >= 0.3 is 0 Å². The van der Waals surface area contributed by atoms with Crippen molar-refractivity contribution in [1.82, 2.24) is 0 Å². The van der Waals surface area contributed by atoms with Gasteiger partial charge in [0.1, 0.15) is 54.7 Å². The molecule has 1 saturated heterocycles. The summed E-state index contributed by atoms with van der Waals surface area (Å²) in [7, 11) is 0. The van der Waals surface area contributed by atoms with Crippen molar-refractivity contribution < 1.29 is 34.6 Å². The van der Waals surface area contributed by atoms with Crippen LogP contribution in [0.3, 0.4) is 0 Å². The summed E-state index contributed by atoms with van der Waals surface area (Å²) in [5.74, 6) is 1.73. The maximum Gasteiger partial charge on any atom is 0.137 e. The zero-order valence-electron chi connectivity index (χ0n) is 21.1. The molecule has 1 fully saturated rings. The Labute approximate surface area is 216 Å². The standard InChI is InChI=1S/C30H34O7/c1-17-6-9-20(30-29(34)28(33)27(32)26(15-31)37-30)13-21(17)12-19-7-10-22(11-8-19)35-16-23-14-24-18(2)4-3-5-25(24)36-23/h3-11,13,23,26-34H,12,14-16H2,1-2H3/t23?,26-,27-,28+,29-,30+/m1/s1. The van der Waals surface area contributed by atoms with Crippen molar-refractivity contribution in [2.75, 3.05) is 13.2 Å². The van der Waals surface area contributed by atoms with E-state index in [4.69, 9.17) is 14.2 Å². The molecule has 0 spiro atoms. The Morgan fingerprint density at radius 3 is 2.41 bits per heavy atom. The normalized spacial score (nSPS) is 27.0. The Morgan fingerprint density at radius 1 is 0.892 bits per heavy atom. The molecule has 37 heavy (non-hydrogen) atoms. The van der Waals surface area contributed by atoms with E-state index in [0.717, 1.165) is 34.6 Å². The van der Waals surface area contributed by atoms with Gasteiger partial charge in [0.25, 0.3) is 0 Å². The van der Waals surface area contributed by atoms with Gasteiger partial charge in [0.05, 0.1) is 6.61 Å². The summed E-state index contributed by atoms with van der Waals surface area (Å²) in [6.45, 7) is 4.15. The van der Waals surface area contributed by atoms with Crippen molar-refractivity contribution in [2.24, 2.45) is 0 Å². The number of ether oxygens (including phenoxy) is 3. The molecule has 4 N–H and O–H groups in total. The molecule has 0 amide bonds. The van der Waals surface area contributed by atoms with Crippen molar-refractivity contribution in [1.29, 1.82) is 0 Å². The summed E-state index contributed by atoms with van der Waals surface area (Å²) in [5.41, 5.74) is 6.42. The molecule has 0 aromatic heterocycles. The maximum atomic E-state index is 10.5. The third-order valence-corrected chi connectivity index (χ3v) is 7.44. The second-order valence-electron chi connectivity index (χ2n) is 10.1. The first-order valence-electron chi connectivity index (χ1n) is 12.7. The molecule has 2 heterocycles. The van der Waals surface area contributed by atoms with Crippen LogP contribution in [0.25, 0.3) is 0 Å². The first kappa shape index (κ1) is 25.7. The molecular formula is C30H34O7. The SMILES string of the molecule is Cc1ccc([C@@H]2O[C@H](CO)[C@@H](O)[C@H](O)[C@H]2O)cc1Cc1ccc(OCC2Cc3c(C)cccc3O2)cc1. The second kappa shape index (κ2) is 10.8. The Bertz CT molecular complexity index is 1220. The Kier molecular flexibility index (Phi) is 7.51. The molecule has 0 bridgehead atoms. The average molecular weight is 507 g/mol. The second-order valence-corrected chi connectivity index (χ2v) is 10.1. The number of rotatable bonds is 7. The van der Waals surface area contributed by atoms with Crippen molar-refractivity contribution >= 4 is 0 Å². The lowest BCUT2D eigenvalue weighted by molar-refractivity contribution is -0.231. The van der Waals surface area contributed by atoms with Gasteiger partial charge in [-0.1, -0.05) is 42.5 Å². The van der Waals surface area contributed by atoms with Gasteiger partial charge < -0.3 is 34.6 Å². The predicted molar refractivity (Wildman–Crippen MR) is 138 cm³/mol. The molecule has 2 aliphatic rings. The van der Waals surface area contributed by atoms with Gasteiger partial charge in [0.2, 0.25) is 0 Å². The highest BCUT2D eigenvalue weighted by Crippen LogP contribution is 2.34. The van der Waals surface area contributed by atoms with E-state index in [0.29, 0.717) is 18.6 Å². The van der Waals surface area contributed by atoms with Crippen LogP contribution in [0, 0.1) is 13.8 Å². The van der Waals surface area contributed by atoms with Gasteiger partial charge in [-0.3, -0.25) is 0 Å². The van der Waals surface area contributed by atoms with E-state index >= 15 is 0 Å². The number of aliphatic hydroxyl groups excluding tert-OH is 4. The van der Waals surface area contributed by atoms with Crippen molar-refractivity contribution in [3.63, 3.8) is 0 Å². The summed E-state index contributed by atoms with van der Waals surface area (Å²) in [6.07, 6.45) is -4.34. The Morgan fingerprint density at radius 2 is 1.68 bits per heavy atom. The van der Waals surface area contributed by atoms with E-state index in [1.54, 1.807) is 0 Å². The lowest BCUT2D eigenvalue weighted by atomic mass is 9.89. The van der Waals surface area contributed by atoms with Crippen LogP contribution in [-0.2, 0) is 17.6 Å². The third-order valence-electron chi connectivity index (χ3n) is 7.44. The molecule has 7 heteroatoms. The zero-order chi connectivity index (χ0) is 26.1. The maximum absolute atomic E-state index is 10.5. The molecule has 5 rings (SSSR count). The number of aliphatic hydroxyl groups is 4. The highest BCUT2D eigenvalue weighted by molar-refractivity contribution is 5.43. The van der Waals surface area contributed by atoms with Crippen LogP contribution in [0.2, 0.25) is 0 Å². The minimum atomic E-state index is -1.40. The average Bonchev–Trinajstić information content (AvgIpc) is 3.33. The first-order chi connectivity index (χ1) is 17.8. The molecule has 0 radical (unpaired) electrons. The quantitative estimate of drug-likeness (QED) is 0.390. The van der Waals surface area contributed by atoms with Crippen molar-refractivity contribution in [3.05, 3.63) is 94.0 Å². The Hall–Kier alpha value is -2.94. The van der Waals surface area contributed by atoms with Crippen molar-refractivity contribution in [3.8, 4) is 11.5 Å². The summed E-state index contributed by atoms with van der Waals surface area (Å²) in [4.78, 5) is 0. The van der Waals surface area contributed by atoms with Gasteiger partial charge in [-0.15, -0.1) is 0 Å². The van der Waals surface area contributed by atoms with E-state index in [1.807, 2.05) is 61.5 Å². The third kappa shape index (κ3) is 5.37. The van der Waals surface area contributed by atoms with Crippen LogP contribution < -0.4 is 9.47 Å². The molecule has 6 atom stereocenters. The molecule has 2 aliphatic heterocycles. The monoisotopic (exact) mass is 506 g/mol. The first-order valence-corrected chi connectivity index (χ1v) is 12.7. The number of fused-ring (bicyclic) bond motifs is 1. The largest absolute Gasteiger partial charge is 0.490 e. The van der Waals surface area contributed by atoms with Crippen LogP contribution in [0.15, 0.2) is 60.7 Å². The summed E-state index contributed by atoms with van der Waals surface area (Å²) < 4.78 is 17.8. The van der Waals surface area contributed by atoms with Crippen LogP contribution in [0.1, 0.15) is 39.5 Å². The lowest BCUT2D eigenvalue weighted by Gasteiger charge is -2.40. The molecule has 0 aliphatic carbocycles. The topological polar surface area (TPSA) is 109 Å². The summed E-state index contributed by atoms with van der Waals surface area (Å²) >= 11 is 0. The summed E-state index contributed by atoms with van der Waals surface area (Å²) in [6, 6.07) is 19.8. The fourth-order valence-electron chi connectivity index (χ4n) is 5.14.